The average molecular weight is 431 g/mol. The number of anilines is 1. The van der Waals surface area contributed by atoms with Crippen molar-refractivity contribution in [1.82, 2.24) is 4.90 Å². The van der Waals surface area contributed by atoms with Gasteiger partial charge in [0.25, 0.3) is 11.8 Å². The summed E-state index contributed by atoms with van der Waals surface area (Å²) in [6, 6.07) is 4.13. The standard InChI is InChI=1S/C25H38N2O4/c1-17(2)27(19-11-7-6-8-12-19)23(29)20-16-21-22(15-18(20)3)31-25(4,5)24(30)26(21)13-9-10-14-28/h15-17,19,28H,6-14H2,1-5H3. The first kappa shape index (κ1) is 23.6. The summed E-state index contributed by atoms with van der Waals surface area (Å²) in [4.78, 5) is 30.6. The molecule has 1 saturated carbocycles. The Bertz CT molecular complexity index is 812. The van der Waals surface area contributed by atoms with Gasteiger partial charge in [0.05, 0.1) is 5.69 Å². The topological polar surface area (TPSA) is 70.1 Å². The Hall–Kier alpha value is -2.08. The molecule has 0 saturated heterocycles. The number of benzene rings is 1. The van der Waals surface area contributed by atoms with E-state index in [0.717, 1.165) is 18.4 Å². The van der Waals surface area contributed by atoms with Gasteiger partial charge in [-0.2, -0.15) is 0 Å². The SMILES string of the molecule is Cc1cc2c(cc1C(=O)N(C(C)C)C1CCCCC1)N(CCCCO)C(=O)C(C)(C)O2. The van der Waals surface area contributed by atoms with Crippen LogP contribution in [0.5, 0.6) is 5.75 Å². The number of amides is 2. The smallest absolute Gasteiger partial charge is 0.270 e. The van der Waals surface area contributed by atoms with Crippen molar-refractivity contribution in [3.8, 4) is 5.75 Å². The maximum atomic E-state index is 13.7. The van der Waals surface area contributed by atoms with Crippen molar-refractivity contribution in [3.63, 3.8) is 0 Å². The first-order valence-electron chi connectivity index (χ1n) is 11.8. The first-order valence-corrected chi connectivity index (χ1v) is 11.8. The predicted octanol–water partition coefficient (Wildman–Crippen LogP) is 4.45. The lowest BCUT2D eigenvalue weighted by atomic mass is 9.92. The molecule has 1 aromatic rings. The largest absolute Gasteiger partial charge is 0.476 e. The number of hydrogen-bond acceptors (Lipinski definition) is 4. The van der Waals surface area contributed by atoms with Crippen LogP contribution in [0.3, 0.4) is 0 Å². The van der Waals surface area contributed by atoms with E-state index in [4.69, 9.17) is 4.74 Å². The Morgan fingerprint density at radius 1 is 1.23 bits per heavy atom. The first-order chi connectivity index (χ1) is 14.7. The maximum absolute atomic E-state index is 13.7. The molecule has 0 bridgehead atoms. The molecule has 6 nitrogen and oxygen atoms in total. The van der Waals surface area contributed by atoms with Crippen molar-refractivity contribution in [3.05, 3.63) is 23.3 Å². The van der Waals surface area contributed by atoms with E-state index in [1.165, 1.54) is 19.3 Å². The molecule has 0 unspecified atom stereocenters. The molecule has 0 aromatic heterocycles. The van der Waals surface area contributed by atoms with Crippen molar-refractivity contribution in [2.24, 2.45) is 0 Å². The molecule has 2 aliphatic rings. The summed E-state index contributed by atoms with van der Waals surface area (Å²) in [7, 11) is 0. The fourth-order valence-corrected chi connectivity index (χ4v) is 4.87. The highest BCUT2D eigenvalue weighted by Crippen LogP contribution is 2.40. The number of aryl methyl sites for hydroxylation is 1. The highest BCUT2D eigenvalue weighted by molar-refractivity contribution is 6.05. The second-order valence-corrected chi connectivity index (χ2v) is 9.73. The van der Waals surface area contributed by atoms with Crippen molar-refractivity contribution < 1.29 is 19.4 Å². The molecule has 0 atom stereocenters. The Kier molecular flexibility index (Phi) is 7.30. The van der Waals surface area contributed by atoms with Crippen LogP contribution in [0.2, 0.25) is 0 Å². The zero-order valence-electron chi connectivity index (χ0n) is 19.7. The summed E-state index contributed by atoms with van der Waals surface area (Å²) in [6.45, 7) is 10.2. The number of nitrogens with zero attached hydrogens (tertiary/aromatic N) is 2. The van der Waals surface area contributed by atoms with E-state index in [2.05, 4.69) is 13.8 Å². The van der Waals surface area contributed by atoms with Gasteiger partial charge in [-0.3, -0.25) is 9.59 Å². The number of ether oxygens (including phenoxy) is 1. The van der Waals surface area contributed by atoms with Crippen LogP contribution in [0.4, 0.5) is 5.69 Å². The van der Waals surface area contributed by atoms with Crippen LogP contribution in [0.1, 0.15) is 88.6 Å². The number of aliphatic hydroxyl groups is 1. The fraction of sp³-hybridized carbons (Fsp3) is 0.680. The van der Waals surface area contributed by atoms with E-state index in [1.807, 2.05) is 24.0 Å². The van der Waals surface area contributed by atoms with Crippen molar-refractivity contribution in [2.75, 3.05) is 18.1 Å². The second-order valence-electron chi connectivity index (χ2n) is 9.73. The molecule has 1 N–H and O–H groups in total. The van der Waals surface area contributed by atoms with E-state index in [0.29, 0.717) is 36.4 Å². The predicted molar refractivity (Wildman–Crippen MR) is 123 cm³/mol. The number of fused-ring (bicyclic) bond motifs is 1. The van der Waals surface area contributed by atoms with Gasteiger partial charge in [0.15, 0.2) is 5.60 Å². The summed E-state index contributed by atoms with van der Waals surface area (Å²) in [5.74, 6) is 0.555. The van der Waals surface area contributed by atoms with Gasteiger partial charge in [-0.1, -0.05) is 19.3 Å². The Balaban J connectivity index is 1.99. The van der Waals surface area contributed by atoms with E-state index < -0.39 is 5.60 Å². The van der Waals surface area contributed by atoms with E-state index in [-0.39, 0.29) is 30.5 Å². The fourth-order valence-electron chi connectivity index (χ4n) is 4.87. The molecule has 1 heterocycles. The third-order valence-electron chi connectivity index (χ3n) is 6.50. The molecule has 1 aliphatic heterocycles. The molecular weight excluding hydrogens is 392 g/mol. The third-order valence-corrected chi connectivity index (χ3v) is 6.50. The Morgan fingerprint density at radius 3 is 2.52 bits per heavy atom. The van der Waals surface area contributed by atoms with Crippen LogP contribution in [-0.2, 0) is 4.79 Å². The molecule has 2 amide bonds. The third kappa shape index (κ3) is 4.89. The lowest BCUT2D eigenvalue weighted by Crippen LogP contribution is -2.53. The number of rotatable bonds is 7. The number of carbonyl (C=O) groups is 2. The zero-order chi connectivity index (χ0) is 22.8. The minimum Gasteiger partial charge on any atom is -0.476 e. The molecule has 0 spiro atoms. The number of unbranched alkanes of at least 4 members (excludes halogenated alkanes) is 1. The van der Waals surface area contributed by atoms with Crippen LogP contribution >= 0.6 is 0 Å². The summed E-state index contributed by atoms with van der Waals surface area (Å²) in [5.41, 5.74) is 1.20. The highest BCUT2D eigenvalue weighted by Gasteiger charge is 2.41. The zero-order valence-corrected chi connectivity index (χ0v) is 19.7. The average Bonchev–Trinajstić information content (AvgIpc) is 2.71. The molecule has 172 valence electrons. The van der Waals surface area contributed by atoms with E-state index in [1.54, 1.807) is 18.7 Å². The van der Waals surface area contributed by atoms with Gasteiger partial charge in [0.1, 0.15) is 5.75 Å². The lowest BCUT2D eigenvalue weighted by molar-refractivity contribution is -0.132. The minimum absolute atomic E-state index is 0.0368. The van der Waals surface area contributed by atoms with Gasteiger partial charge in [-0.15, -0.1) is 0 Å². The molecular formula is C25H38N2O4. The monoisotopic (exact) mass is 430 g/mol. The normalized spacial score (nSPS) is 18.7. The summed E-state index contributed by atoms with van der Waals surface area (Å²) in [6.07, 6.45) is 7.00. The summed E-state index contributed by atoms with van der Waals surface area (Å²) >= 11 is 0. The van der Waals surface area contributed by atoms with Gasteiger partial charge in [0.2, 0.25) is 0 Å². The highest BCUT2D eigenvalue weighted by atomic mass is 16.5. The van der Waals surface area contributed by atoms with Gasteiger partial charge < -0.3 is 19.6 Å². The van der Waals surface area contributed by atoms with Crippen LogP contribution in [0.15, 0.2) is 12.1 Å². The van der Waals surface area contributed by atoms with Crippen molar-refractivity contribution in [1.29, 1.82) is 0 Å². The summed E-state index contributed by atoms with van der Waals surface area (Å²) < 4.78 is 6.04. The second kappa shape index (κ2) is 9.60. The Morgan fingerprint density at radius 2 is 1.90 bits per heavy atom. The van der Waals surface area contributed by atoms with Gasteiger partial charge in [0, 0.05) is 30.8 Å². The molecule has 1 aromatic carbocycles. The van der Waals surface area contributed by atoms with Crippen LogP contribution < -0.4 is 9.64 Å². The maximum Gasteiger partial charge on any atom is 0.270 e. The minimum atomic E-state index is -0.962. The van der Waals surface area contributed by atoms with Crippen molar-refractivity contribution in [2.45, 2.75) is 97.2 Å². The molecule has 1 fully saturated rings. The van der Waals surface area contributed by atoms with Crippen LogP contribution in [0.25, 0.3) is 0 Å². The number of aliphatic hydroxyl groups excluding tert-OH is 1. The lowest BCUT2D eigenvalue weighted by Gasteiger charge is -2.40. The van der Waals surface area contributed by atoms with E-state index >= 15 is 0 Å². The molecule has 3 rings (SSSR count). The molecule has 1 aliphatic carbocycles. The summed E-state index contributed by atoms with van der Waals surface area (Å²) in [5, 5.41) is 9.17. The number of carbonyl (C=O) groups excluding carboxylic acids is 2. The van der Waals surface area contributed by atoms with Gasteiger partial charge >= 0.3 is 0 Å². The van der Waals surface area contributed by atoms with Crippen LogP contribution in [-0.4, -0.2) is 52.7 Å². The molecule has 6 heteroatoms. The number of hydrogen-bond donors (Lipinski definition) is 1. The molecule has 31 heavy (non-hydrogen) atoms. The van der Waals surface area contributed by atoms with Crippen molar-refractivity contribution >= 4 is 17.5 Å². The Labute approximate surface area is 186 Å². The van der Waals surface area contributed by atoms with E-state index in [9.17, 15) is 14.7 Å². The van der Waals surface area contributed by atoms with Crippen LogP contribution in [0, 0.1) is 6.92 Å². The quantitative estimate of drug-likeness (QED) is 0.649. The molecule has 0 radical (unpaired) electrons. The van der Waals surface area contributed by atoms with Gasteiger partial charge in [-0.25, -0.2) is 0 Å². The van der Waals surface area contributed by atoms with Gasteiger partial charge in [-0.05, 0) is 78.0 Å².